The van der Waals surface area contributed by atoms with Gasteiger partial charge < -0.3 is 9.84 Å². The lowest BCUT2D eigenvalue weighted by Gasteiger charge is -2.07. The zero-order valence-corrected chi connectivity index (χ0v) is 13.0. The second kappa shape index (κ2) is 7.60. The van der Waals surface area contributed by atoms with Crippen molar-refractivity contribution in [1.82, 2.24) is 5.43 Å². The third kappa shape index (κ3) is 4.96. The van der Waals surface area contributed by atoms with E-state index < -0.39 is 5.91 Å². The molecule has 5 nitrogen and oxygen atoms in total. The average molecular weight is 337 g/mol. The number of benzene rings is 2. The lowest BCUT2D eigenvalue weighted by atomic mass is 10.1. The Balaban J connectivity index is 1.92. The number of rotatable bonds is 5. The first-order valence-electron chi connectivity index (χ1n) is 6.66. The molecule has 2 aromatic carbocycles. The molecule has 2 aromatic rings. The molecule has 1 amide bonds. The molecular formula is C16H14ClFN2O3. The van der Waals surface area contributed by atoms with Crippen molar-refractivity contribution >= 4 is 23.2 Å². The van der Waals surface area contributed by atoms with E-state index in [1.54, 1.807) is 13.0 Å². The number of nitrogens with one attached hydrogen (secondary N) is 1. The number of hydrogen-bond acceptors (Lipinski definition) is 4. The number of hydrazone groups is 1. The van der Waals surface area contributed by atoms with Gasteiger partial charge in [-0.3, -0.25) is 4.79 Å². The van der Waals surface area contributed by atoms with Crippen molar-refractivity contribution in [2.24, 2.45) is 5.10 Å². The van der Waals surface area contributed by atoms with Crippen LogP contribution in [-0.4, -0.2) is 23.3 Å². The van der Waals surface area contributed by atoms with Crippen molar-refractivity contribution in [3.8, 4) is 11.5 Å². The van der Waals surface area contributed by atoms with Gasteiger partial charge in [0.15, 0.2) is 6.61 Å². The molecule has 2 rings (SSSR count). The van der Waals surface area contributed by atoms with Gasteiger partial charge in [0.2, 0.25) is 0 Å². The van der Waals surface area contributed by atoms with Crippen molar-refractivity contribution in [1.29, 1.82) is 0 Å². The number of hydrogen-bond donors (Lipinski definition) is 2. The van der Waals surface area contributed by atoms with Gasteiger partial charge in [0, 0.05) is 10.6 Å². The van der Waals surface area contributed by atoms with E-state index in [1.807, 2.05) is 0 Å². The monoisotopic (exact) mass is 336 g/mol. The number of carbonyl (C=O) groups is 1. The van der Waals surface area contributed by atoms with Crippen molar-refractivity contribution in [2.75, 3.05) is 6.61 Å². The van der Waals surface area contributed by atoms with Gasteiger partial charge in [-0.05, 0) is 49.4 Å². The minimum absolute atomic E-state index is 0.00691. The fourth-order valence-electron chi connectivity index (χ4n) is 1.72. The summed E-state index contributed by atoms with van der Waals surface area (Å²) in [4.78, 5) is 11.7. The van der Waals surface area contributed by atoms with Crippen molar-refractivity contribution < 1.29 is 19.0 Å². The maximum atomic E-state index is 12.7. The summed E-state index contributed by atoms with van der Waals surface area (Å²) in [6.07, 6.45) is 0. The first-order chi connectivity index (χ1) is 11.0. The van der Waals surface area contributed by atoms with Gasteiger partial charge in [0.1, 0.15) is 17.3 Å². The molecule has 0 radical (unpaired) electrons. The molecule has 0 spiro atoms. The van der Waals surface area contributed by atoms with Crippen LogP contribution in [-0.2, 0) is 4.79 Å². The van der Waals surface area contributed by atoms with Gasteiger partial charge in [0.25, 0.3) is 5.91 Å². The molecule has 0 aromatic heterocycles. The zero-order valence-electron chi connectivity index (χ0n) is 12.2. The van der Waals surface area contributed by atoms with E-state index in [-0.39, 0.29) is 18.2 Å². The van der Waals surface area contributed by atoms with E-state index in [2.05, 4.69) is 10.5 Å². The number of ether oxygens (including phenoxy) is 1. The number of halogens is 2. The number of phenolic OH excluding ortho intramolecular Hbond substituents is 1. The maximum Gasteiger partial charge on any atom is 0.277 e. The lowest BCUT2D eigenvalue weighted by Crippen LogP contribution is -2.25. The van der Waals surface area contributed by atoms with Gasteiger partial charge in [-0.25, -0.2) is 9.82 Å². The average Bonchev–Trinajstić information content (AvgIpc) is 2.54. The predicted molar refractivity (Wildman–Crippen MR) is 85.4 cm³/mol. The van der Waals surface area contributed by atoms with Crippen LogP contribution in [0, 0.1) is 5.82 Å². The van der Waals surface area contributed by atoms with Crippen LogP contribution in [0.15, 0.2) is 47.6 Å². The summed E-state index contributed by atoms with van der Waals surface area (Å²) in [6.45, 7) is 1.34. The third-order valence-corrected chi connectivity index (χ3v) is 3.12. The standard InChI is InChI=1S/C16H14ClFN2O3/c1-10(14-8-11(17)2-7-15(14)21)19-20-16(22)9-23-13-5-3-12(18)4-6-13/h2-8,21H,9H2,1H3,(H,20,22)/b19-10+. The predicted octanol–water partition coefficient (Wildman–Crippen LogP) is 3.10. The fraction of sp³-hybridized carbons (Fsp3) is 0.125. The molecule has 0 fully saturated rings. The minimum atomic E-state index is -0.491. The molecule has 2 N–H and O–H groups in total. The van der Waals surface area contributed by atoms with Crippen molar-refractivity contribution in [2.45, 2.75) is 6.92 Å². The molecular weight excluding hydrogens is 323 g/mol. The Bertz CT molecular complexity index is 733. The van der Waals surface area contributed by atoms with Gasteiger partial charge in [-0.15, -0.1) is 0 Å². The Morgan fingerprint density at radius 3 is 2.70 bits per heavy atom. The smallest absolute Gasteiger partial charge is 0.277 e. The fourth-order valence-corrected chi connectivity index (χ4v) is 1.89. The summed E-state index contributed by atoms with van der Waals surface area (Å²) in [6, 6.07) is 9.83. The van der Waals surface area contributed by atoms with E-state index in [0.717, 1.165) is 0 Å². The molecule has 0 unspecified atom stereocenters. The Morgan fingerprint density at radius 1 is 1.30 bits per heavy atom. The second-order valence-corrected chi connectivity index (χ2v) is 5.07. The van der Waals surface area contributed by atoms with E-state index in [0.29, 0.717) is 22.0 Å². The van der Waals surface area contributed by atoms with Crippen LogP contribution in [0.5, 0.6) is 11.5 Å². The summed E-state index contributed by atoms with van der Waals surface area (Å²) in [5, 5.41) is 14.1. The number of nitrogens with zero attached hydrogens (tertiary/aromatic N) is 1. The van der Waals surface area contributed by atoms with Crippen LogP contribution < -0.4 is 10.2 Å². The highest BCUT2D eigenvalue weighted by Crippen LogP contribution is 2.21. The van der Waals surface area contributed by atoms with Gasteiger partial charge in [-0.1, -0.05) is 11.6 Å². The topological polar surface area (TPSA) is 70.9 Å². The van der Waals surface area contributed by atoms with E-state index in [1.165, 1.54) is 36.4 Å². The Labute approximate surface area is 137 Å². The molecule has 0 saturated carbocycles. The van der Waals surface area contributed by atoms with Crippen LogP contribution >= 0.6 is 11.6 Å². The Kier molecular flexibility index (Phi) is 5.54. The maximum absolute atomic E-state index is 12.7. The Hall–Kier alpha value is -2.60. The van der Waals surface area contributed by atoms with E-state index >= 15 is 0 Å². The summed E-state index contributed by atoms with van der Waals surface area (Å²) < 4.78 is 17.9. The molecule has 0 aliphatic heterocycles. The van der Waals surface area contributed by atoms with E-state index in [9.17, 15) is 14.3 Å². The highest BCUT2D eigenvalue weighted by Gasteiger charge is 2.07. The molecule has 23 heavy (non-hydrogen) atoms. The first kappa shape index (κ1) is 16.8. The highest BCUT2D eigenvalue weighted by molar-refractivity contribution is 6.31. The normalized spacial score (nSPS) is 11.2. The van der Waals surface area contributed by atoms with Crippen LogP contribution in [0.25, 0.3) is 0 Å². The molecule has 0 atom stereocenters. The van der Waals surface area contributed by atoms with Crippen LogP contribution in [0.4, 0.5) is 4.39 Å². The number of aromatic hydroxyl groups is 1. The summed E-state index contributed by atoms with van der Waals surface area (Å²) >= 11 is 5.85. The molecule has 0 bridgehead atoms. The molecule has 0 heterocycles. The zero-order chi connectivity index (χ0) is 16.8. The molecule has 0 saturated heterocycles. The van der Waals surface area contributed by atoms with Gasteiger partial charge >= 0.3 is 0 Å². The summed E-state index contributed by atoms with van der Waals surface area (Å²) in [5.74, 6) is -0.499. The Morgan fingerprint density at radius 2 is 2.00 bits per heavy atom. The largest absolute Gasteiger partial charge is 0.507 e. The third-order valence-electron chi connectivity index (χ3n) is 2.88. The highest BCUT2D eigenvalue weighted by atomic mass is 35.5. The summed E-state index contributed by atoms with van der Waals surface area (Å²) in [5.41, 5.74) is 3.11. The van der Waals surface area contributed by atoms with Crippen LogP contribution in [0.1, 0.15) is 12.5 Å². The lowest BCUT2D eigenvalue weighted by molar-refractivity contribution is -0.123. The molecule has 0 aliphatic rings. The number of carbonyl (C=O) groups excluding carboxylic acids is 1. The van der Waals surface area contributed by atoms with Crippen LogP contribution in [0.2, 0.25) is 5.02 Å². The molecule has 0 aliphatic carbocycles. The summed E-state index contributed by atoms with van der Waals surface area (Å²) in [7, 11) is 0. The SMILES string of the molecule is C/C(=N\NC(=O)COc1ccc(F)cc1)c1cc(Cl)ccc1O. The van der Waals surface area contributed by atoms with Crippen molar-refractivity contribution in [3.05, 3.63) is 58.9 Å². The van der Waals surface area contributed by atoms with Crippen LogP contribution in [0.3, 0.4) is 0 Å². The quantitative estimate of drug-likeness (QED) is 0.651. The molecule has 7 heteroatoms. The van der Waals surface area contributed by atoms with Gasteiger partial charge in [-0.2, -0.15) is 5.10 Å². The van der Waals surface area contributed by atoms with E-state index in [4.69, 9.17) is 16.3 Å². The first-order valence-corrected chi connectivity index (χ1v) is 7.04. The number of amides is 1. The molecule has 120 valence electrons. The van der Waals surface area contributed by atoms with Crippen molar-refractivity contribution in [3.63, 3.8) is 0 Å². The minimum Gasteiger partial charge on any atom is -0.507 e. The van der Waals surface area contributed by atoms with Gasteiger partial charge in [0.05, 0.1) is 5.71 Å². The second-order valence-electron chi connectivity index (χ2n) is 4.64. The number of phenols is 1.